The van der Waals surface area contributed by atoms with Crippen LogP contribution in [-0.2, 0) is 11.2 Å². The number of hydrogen-bond acceptors (Lipinski definition) is 3. The average Bonchev–Trinajstić information content (AvgIpc) is 2.83. The number of aromatic amines is 1. The number of aromatic nitrogens is 1. The molecule has 1 unspecified atom stereocenters. The minimum absolute atomic E-state index is 0.232. The van der Waals surface area contributed by atoms with Crippen LogP contribution in [0.15, 0.2) is 42.5 Å². The first-order valence-electron chi connectivity index (χ1n) is 7.72. The predicted molar refractivity (Wildman–Crippen MR) is 91.7 cm³/mol. The normalized spacial score (nSPS) is 12.2. The van der Waals surface area contributed by atoms with Crippen LogP contribution in [0.5, 0.6) is 11.5 Å². The molecule has 0 spiro atoms. The van der Waals surface area contributed by atoms with Gasteiger partial charge in [-0.2, -0.15) is 0 Å². The number of phenols is 1. The molecular formula is C19H19NO4. The highest BCUT2D eigenvalue weighted by molar-refractivity contribution is 5.86. The molecule has 0 amide bonds. The summed E-state index contributed by atoms with van der Waals surface area (Å²) in [6.45, 7) is 3.50. The van der Waals surface area contributed by atoms with Crippen LogP contribution in [-0.4, -0.2) is 27.3 Å². The van der Waals surface area contributed by atoms with E-state index in [0.717, 1.165) is 27.7 Å². The van der Waals surface area contributed by atoms with E-state index in [1.54, 1.807) is 18.2 Å². The number of H-pyrrole nitrogens is 1. The molecule has 124 valence electrons. The van der Waals surface area contributed by atoms with Crippen molar-refractivity contribution in [3.63, 3.8) is 0 Å². The van der Waals surface area contributed by atoms with E-state index < -0.39 is 12.1 Å². The Labute approximate surface area is 139 Å². The van der Waals surface area contributed by atoms with Crippen molar-refractivity contribution < 1.29 is 19.7 Å². The summed E-state index contributed by atoms with van der Waals surface area (Å²) in [6.07, 6.45) is -0.236. The Balaban J connectivity index is 1.90. The Morgan fingerprint density at radius 1 is 1.25 bits per heavy atom. The molecule has 0 bridgehead atoms. The minimum Gasteiger partial charge on any atom is -0.508 e. The van der Waals surface area contributed by atoms with Gasteiger partial charge in [0.25, 0.3) is 0 Å². The molecule has 3 rings (SSSR count). The number of benzene rings is 2. The lowest BCUT2D eigenvalue weighted by Crippen LogP contribution is -2.22. The topological polar surface area (TPSA) is 82.5 Å². The summed E-state index contributed by atoms with van der Waals surface area (Å²) in [5.41, 5.74) is 4.13. The number of fused-ring (bicyclic) bond motifs is 1. The van der Waals surface area contributed by atoms with Crippen LogP contribution in [0.1, 0.15) is 23.7 Å². The third-order valence-electron chi connectivity index (χ3n) is 4.04. The molecule has 2 aromatic carbocycles. The van der Waals surface area contributed by atoms with Crippen LogP contribution in [0.25, 0.3) is 10.9 Å². The van der Waals surface area contributed by atoms with Gasteiger partial charge in [0.2, 0.25) is 0 Å². The molecule has 24 heavy (non-hydrogen) atoms. The molecule has 3 aromatic rings. The van der Waals surface area contributed by atoms with Crippen molar-refractivity contribution in [2.24, 2.45) is 0 Å². The zero-order chi connectivity index (χ0) is 17.3. The second kappa shape index (κ2) is 6.28. The first-order chi connectivity index (χ1) is 11.4. The lowest BCUT2D eigenvalue weighted by atomic mass is 10.0. The van der Waals surface area contributed by atoms with E-state index >= 15 is 0 Å². The number of carboxylic acids is 1. The molecule has 0 fully saturated rings. The molecule has 5 nitrogen and oxygen atoms in total. The molecular weight excluding hydrogens is 306 g/mol. The van der Waals surface area contributed by atoms with Crippen molar-refractivity contribution in [1.82, 2.24) is 4.98 Å². The minimum atomic E-state index is -0.997. The van der Waals surface area contributed by atoms with Gasteiger partial charge in [0.05, 0.1) is 0 Å². The largest absolute Gasteiger partial charge is 0.508 e. The highest BCUT2D eigenvalue weighted by Crippen LogP contribution is 2.28. The lowest BCUT2D eigenvalue weighted by Gasteiger charge is -2.11. The quantitative estimate of drug-likeness (QED) is 0.669. The Morgan fingerprint density at radius 3 is 2.79 bits per heavy atom. The molecule has 0 aliphatic heterocycles. The monoisotopic (exact) mass is 325 g/mol. The molecule has 5 heteroatoms. The zero-order valence-electron chi connectivity index (χ0n) is 13.5. The summed E-state index contributed by atoms with van der Waals surface area (Å²) in [6, 6.07) is 12.7. The van der Waals surface area contributed by atoms with Crippen LogP contribution in [0.3, 0.4) is 0 Å². The number of aromatic hydroxyl groups is 1. The number of carbonyl (C=O) groups is 1. The summed E-state index contributed by atoms with van der Waals surface area (Å²) < 4.78 is 5.43. The first-order valence-corrected chi connectivity index (χ1v) is 7.72. The van der Waals surface area contributed by atoms with E-state index in [2.05, 4.69) is 4.98 Å². The van der Waals surface area contributed by atoms with Crippen molar-refractivity contribution in [2.45, 2.75) is 26.4 Å². The van der Waals surface area contributed by atoms with Crippen molar-refractivity contribution in [2.75, 3.05) is 0 Å². The summed E-state index contributed by atoms with van der Waals surface area (Å²) in [5.74, 6) is -0.235. The molecule has 0 saturated heterocycles. The molecule has 1 atom stereocenters. The van der Waals surface area contributed by atoms with E-state index in [4.69, 9.17) is 9.84 Å². The van der Waals surface area contributed by atoms with Gasteiger partial charge >= 0.3 is 5.97 Å². The van der Waals surface area contributed by atoms with Gasteiger partial charge in [0.1, 0.15) is 11.5 Å². The van der Waals surface area contributed by atoms with Gasteiger partial charge in [-0.15, -0.1) is 0 Å². The standard InChI is InChI=1S/C19H19NO4/c1-11-16(17-10-14(21)6-7-18(17)20-11)9-13-4-3-5-15(8-13)24-12(2)19(22)23/h3-8,10,12,20-21H,9H2,1-2H3,(H,22,23). The van der Waals surface area contributed by atoms with E-state index in [1.807, 2.05) is 31.2 Å². The third-order valence-corrected chi connectivity index (χ3v) is 4.04. The van der Waals surface area contributed by atoms with Gasteiger partial charge in [-0.25, -0.2) is 4.79 Å². The second-order valence-corrected chi connectivity index (χ2v) is 5.88. The van der Waals surface area contributed by atoms with Crippen molar-refractivity contribution >= 4 is 16.9 Å². The van der Waals surface area contributed by atoms with Crippen LogP contribution in [0.2, 0.25) is 0 Å². The summed E-state index contributed by atoms with van der Waals surface area (Å²) >= 11 is 0. The van der Waals surface area contributed by atoms with Crippen LogP contribution in [0.4, 0.5) is 0 Å². The maximum Gasteiger partial charge on any atom is 0.344 e. The number of aryl methyl sites for hydroxylation is 1. The summed E-state index contributed by atoms with van der Waals surface area (Å²) in [7, 11) is 0. The number of hydrogen-bond donors (Lipinski definition) is 3. The average molecular weight is 325 g/mol. The van der Waals surface area contributed by atoms with E-state index in [1.165, 1.54) is 6.92 Å². The highest BCUT2D eigenvalue weighted by Gasteiger charge is 2.14. The van der Waals surface area contributed by atoms with E-state index in [-0.39, 0.29) is 5.75 Å². The predicted octanol–water partition coefficient (Wildman–Crippen LogP) is 3.62. The van der Waals surface area contributed by atoms with Gasteiger partial charge < -0.3 is 19.9 Å². The molecule has 0 aliphatic rings. The Morgan fingerprint density at radius 2 is 2.04 bits per heavy atom. The molecule has 0 aliphatic carbocycles. The Hall–Kier alpha value is -2.95. The van der Waals surface area contributed by atoms with Gasteiger partial charge in [0.15, 0.2) is 6.10 Å². The fourth-order valence-electron chi connectivity index (χ4n) is 2.79. The molecule has 3 N–H and O–H groups in total. The van der Waals surface area contributed by atoms with Crippen LogP contribution in [0, 0.1) is 6.92 Å². The van der Waals surface area contributed by atoms with Gasteiger partial charge in [-0.05, 0) is 61.7 Å². The highest BCUT2D eigenvalue weighted by atomic mass is 16.5. The third kappa shape index (κ3) is 3.20. The van der Waals surface area contributed by atoms with Crippen LogP contribution < -0.4 is 4.74 Å². The number of phenolic OH excluding ortho intramolecular Hbond substituents is 1. The number of carboxylic acid groups (broad SMARTS) is 1. The van der Waals surface area contributed by atoms with Crippen molar-refractivity contribution in [1.29, 1.82) is 0 Å². The maximum absolute atomic E-state index is 10.9. The van der Waals surface area contributed by atoms with Gasteiger partial charge in [-0.3, -0.25) is 0 Å². The maximum atomic E-state index is 10.9. The Bertz CT molecular complexity index is 898. The molecule has 0 saturated carbocycles. The summed E-state index contributed by atoms with van der Waals surface area (Å²) in [5, 5.41) is 19.7. The van der Waals surface area contributed by atoms with Gasteiger partial charge in [-0.1, -0.05) is 12.1 Å². The smallest absolute Gasteiger partial charge is 0.344 e. The fraction of sp³-hybridized carbons (Fsp3) is 0.211. The molecule has 0 radical (unpaired) electrons. The Kier molecular flexibility index (Phi) is 4.16. The SMILES string of the molecule is Cc1[nH]c2ccc(O)cc2c1Cc1cccc(OC(C)C(=O)O)c1. The number of rotatable bonds is 5. The molecule has 1 aromatic heterocycles. The fourth-order valence-corrected chi connectivity index (χ4v) is 2.79. The summed E-state index contributed by atoms with van der Waals surface area (Å²) in [4.78, 5) is 14.2. The van der Waals surface area contributed by atoms with E-state index in [9.17, 15) is 9.90 Å². The van der Waals surface area contributed by atoms with Crippen molar-refractivity contribution in [3.05, 3.63) is 59.3 Å². The number of aliphatic carboxylic acids is 1. The zero-order valence-corrected chi connectivity index (χ0v) is 13.5. The second-order valence-electron chi connectivity index (χ2n) is 5.88. The first kappa shape index (κ1) is 15.9. The molecule has 1 heterocycles. The van der Waals surface area contributed by atoms with Crippen LogP contribution >= 0.6 is 0 Å². The number of nitrogens with one attached hydrogen (secondary N) is 1. The van der Waals surface area contributed by atoms with E-state index in [0.29, 0.717) is 12.2 Å². The lowest BCUT2D eigenvalue weighted by molar-refractivity contribution is -0.144. The van der Waals surface area contributed by atoms with Gasteiger partial charge in [0, 0.05) is 16.6 Å². The van der Waals surface area contributed by atoms with Crippen molar-refractivity contribution in [3.8, 4) is 11.5 Å². The number of ether oxygens (including phenoxy) is 1.